The summed E-state index contributed by atoms with van der Waals surface area (Å²) in [4.78, 5) is -0.0452. The number of benzene rings is 2. The van der Waals surface area contributed by atoms with Crippen LogP contribution < -0.4 is 16.2 Å². The van der Waals surface area contributed by atoms with E-state index in [1.54, 1.807) is 36.4 Å². The normalized spacial score (nSPS) is 10.9. The molecule has 5 N–H and O–H groups in total. The number of hydrogen-bond donors (Lipinski definition) is 3. The third kappa shape index (κ3) is 3.72. The lowest BCUT2D eigenvalue weighted by atomic mass is 10.1. The number of nitrogens with one attached hydrogen (secondary N) is 1. The summed E-state index contributed by atoms with van der Waals surface area (Å²) < 4.78 is 23.1. The Balaban J connectivity index is 2.22. The van der Waals surface area contributed by atoms with Crippen LogP contribution in [0.2, 0.25) is 0 Å². The molecule has 7 heteroatoms. The average Bonchev–Trinajstić information content (AvgIpc) is 2.45. The van der Waals surface area contributed by atoms with E-state index in [0.29, 0.717) is 23.5 Å². The van der Waals surface area contributed by atoms with Crippen LogP contribution in [-0.2, 0) is 16.6 Å². The number of nitrogens with zero attached hydrogens (tertiary/aromatic N) is 1. The first-order chi connectivity index (χ1) is 9.90. The van der Waals surface area contributed by atoms with Crippen LogP contribution >= 0.6 is 0 Å². The molecule has 108 valence electrons. The largest absolute Gasteiger partial charge is 0.399 e. The Morgan fingerprint density at radius 1 is 1.14 bits per heavy atom. The van der Waals surface area contributed by atoms with Crippen LogP contribution in [0.1, 0.15) is 11.1 Å². The number of nitrogens with two attached hydrogens (primary N) is 2. The molecule has 0 unspecified atom stereocenters. The van der Waals surface area contributed by atoms with Crippen molar-refractivity contribution in [1.29, 1.82) is 5.26 Å². The maximum absolute atomic E-state index is 11.5. The maximum Gasteiger partial charge on any atom is 0.240 e. The molecule has 2 rings (SSSR count). The van der Waals surface area contributed by atoms with E-state index in [9.17, 15) is 8.42 Å². The van der Waals surface area contributed by atoms with Gasteiger partial charge in [0.05, 0.1) is 17.3 Å². The molecular formula is C14H14N4O2S. The first-order valence-electron chi connectivity index (χ1n) is 6.05. The molecule has 0 bridgehead atoms. The van der Waals surface area contributed by atoms with Crippen LogP contribution in [-0.4, -0.2) is 8.42 Å². The fourth-order valence-electron chi connectivity index (χ4n) is 1.81. The highest BCUT2D eigenvalue weighted by Crippen LogP contribution is 2.23. The van der Waals surface area contributed by atoms with Crippen molar-refractivity contribution >= 4 is 21.4 Å². The molecule has 6 nitrogen and oxygen atoms in total. The summed E-state index contributed by atoms with van der Waals surface area (Å²) in [5.74, 6) is 0. The van der Waals surface area contributed by atoms with Crippen molar-refractivity contribution in [3.05, 3.63) is 53.6 Å². The van der Waals surface area contributed by atoms with E-state index in [1.165, 1.54) is 6.07 Å². The van der Waals surface area contributed by atoms with Crippen LogP contribution in [0.3, 0.4) is 0 Å². The van der Waals surface area contributed by atoms with Gasteiger partial charge in [0.1, 0.15) is 4.90 Å². The van der Waals surface area contributed by atoms with Gasteiger partial charge in [-0.05, 0) is 35.9 Å². The predicted octanol–water partition coefficient (Wildman–Crippen LogP) is 1.40. The van der Waals surface area contributed by atoms with Gasteiger partial charge in [0.25, 0.3) is 0 Å². The highest BCUT2D eigenvalue weighted by Gasteiger charge is 2.14. The minimum absolute atomic E-state index is 0.0452. The number of nitriles is 1. The molecule has 21 heavy (non-hydrogen) atoms. The van der Waals surface area contributed by atoms with Crippen molar-refractivity contribution < 1.29 is 8.42 Å². The molecular weight excluding hydrogens is 288 g/mol. The fraction of sp³-hybridized carbons (Fsp3) is 0.0714. The topological polar surface area (TPSA) is 122 Å². The lowest BCUT2D eigenvalue weighted by molar-refractivity contribution is 0.598. The molecule has 0 spiro atoms. The van der Waals surface area contributed by atoms with Gasteiger partial charge in [0.15, 0.2) is 0 Å². The van der Waals surface area contributed by atoms with Gasteiger partial charge in [-0.15, -0.1) is 0 Å². The fourth-order valence-corrected chi connectivity index (χ4v) is 2.56. The number of anilines is 2. The van der Waals surface area contributed by atoms with Crippen molar-refractivity contribution in [3.63, 3.8) is 0 Å². The minimum Gasteiger partial charge on any atom is -0.399 e. The summed E-state index contributed by atoms with van der Waals surface area (Å²) in [6, 6.07) is 13.5. The van der Waals surface area contributed by atoms with Crippen molar-refractivity contribution in [2.45, 2.75) is 11.4 Å². The molecule has 0 aromatic heterocycles. The molecule has 0 fully saturated rings. The van der Waals surface area contributed by atoms with Crippen LogP contribution in [0.4, 0.5) is 11.4 Å². The lowest BCUT2D eigenvalue weighted by Gasteiger charge is -2.11. The zero-order valence-electron chi connectivity index (χ0n) is 11.1. The minimum atomic E-state index is -3.86. The SMILES string of the molecule is N#Cc1ccc(CNc2ccc(N)cc2S(N)(=O)=O)cc1. The monoisotopic (exact) mass is 302 g/mol. The lowest BCUT2D eigenvalue weighted by Crippen LogP contribution is -2.15. The number of nitrogen functional groups attached to an aromatic ring is 1. The third-order valence-corrected chi connectivity index (χ3v) is 3.83. The number of rotatable bonds is 4. The summed E-state index contributed by atoms with van der Waals surface area (Å²) >= 11 is 0. The van der Waals surface area contributed by atoms with Gasteiger partial charge in [-0.25, -0.2) is 13.6 Å². The molecule has 0 aliphatic carbocycles. The molecule has 0 atom stereocenters. The second-order valence-electron chi connectivity index (χ2n) is 4.46. The van der Waals surface area contributed by atoms with Gasteiger partial charge in [-0.3, -0.25) is 0 Å². The molecule has 0 aliphatic rings. The quantitative estimate of drug-likeness (QED) is 0.737. The van der Waals surface area contributed by atoms with E-state index in [4.69, 9.17) is 16.1 Å². The van der Waals surface area contributed by atoms with Gasteiger partial charge in [-0.2, -0.15) is 5.26 Å². The smallest absolute Gasteiger partial charge is 0.240 e. The Morgan fingerprint density at radius 3 is 2.38 bits per heavy atom. The first kappa shape index (κ1) is 14.8. The molecule has 0 heterocycles. The zero-order valence-corrected chi connectivity index (χ0v) is 11.9. The summed E-state index contributed by atoms with van der Waals surface area (Å²) in [7, 11) is -3.86. The number of hydrogen-bond acceptors (Lipinski definition) is 5. The van der Waals surface area contributed by atoms with E-state index in [0.717, 1.165) is 5.56 Å². The van der Waals surface area contributed by atoms with Crippen molar-refractivity contribution in [1.82, 2.24) is 0 Å². The highest BCUT2D eigenvalue weighted by atomic mass is 32.2. The predicted molar refractivity (Wildman–Crippen MR) is 80.7 cm³/mol. The molecule has 2 aromatic rings. The first-order valence-corrected chi connectivity index (χ1v) is 7.60. The van der Waals surface area contributed by atoms with E-state index in [-0.39, 0.29) is 4.90 Å². The van der Waals surface area contributed by atoms with E-state index in [1.807, 2.05) is 6.07 Å². The van der Waals surface area contributed by atoms with Gasteiger partial charge < -0.3 is 11.1 Å². The van der Waals surface area contributed by atoms with Gasteiger partial charge in [0.2, 0.25) is 10.0 Å². The Hall–Kier alpha value is -2.56. The third-order valence-electron chi connectivity index (χ3n) is 2.88. The standard InChI is InChI=1S/C14H14N4O2S/c15-8-10-1-3-11(4-2-10)9-18-13-6-5-12(16)7-14(13)21(17,19)20/h1-7,18H,9,16H2,(H2,17,19,20). The van der Waals surface area contributed by atoms with E-state index >= 15 is 0 Å². The Kier molecular flexibility index (Phi) is 4.12. The Morgan fingerprint density at radius 2 is 1.81 bits per heavy atom. The summed E-state index contributed by atoms with van der Waals surface area (Å²) in [5, 5.41) is 16.9. The zero-order chi connectivity index (χ0) is 15.5. The summed E-state index contributed by atoms with van der Waals surface area (Å²) in [6.07, 6.45) is 0. The van der Waals surface area contributed by atoms with Crippen molar-refractivity contribution in [3.8, 4) is 6.07 Å². The van der Waals surface area contributed by atoms with Crippen molar-refractivity contribution in [2.75, 3.05) is 11.1 Å². The molecule has 0 amide bonds. The second-order valence-corrected chi connectivity index (χ2v) is 5.99. The van der Waals surface area contributed by atoms with Gasteiger partial charge in [-0.1, -0.05) is 12.1 Å². The average molecular weight is 302 g/mol. The second kappa shape index (κ2) is 5.83. The molecule has 2 aromatic carbocycles. The molecule has 0 saturated carbocycles. The summed E-state index contributed by atoms with van der Waals surface area (Å²) in [6.45, 7) is 0.401. The number of sulfonamides is 1. The van der Waals surface area contributed by atoms with Crippen LogP contribution in [0.25, 0.3) is 0 Å². The van der Waals surface area contributed by atoms with Crippen LogP contribution in [0.5, 0.6) is 0 Å². The molecule has 0 radical (unpaired) electrons. The Bertz CT molecular complexity index is 793. The number of primary sulfonamides is 1. The van der Waals surface area contributed by atoms with Crippen LogP contribution in [0, 0.1) is 11.3 Å². The molecule has 0 aliphatic heterocycles. The van der Waals surface area contributed by atoms with Gasteiger partial charge in [0, 0.05) is 12.2 Å². The van der Waals surface area contributed by atoms with Crippen LogP contribution in [0.15, 0.2) is 47.4 Å². The highest BCUT2D eigenvalue weighted by molar-refractivity contribution is 7.89. The van der Waals surface area contributed by atoms with Crippen molar-refractivity contribution in [2.24, 2.45) is 5.14 Å². The summed E-state index contributed by atoms with van der Waals surface area (Å²) in [5.41, 5.74) is 7.77. The molecule has 0 saturated heterocycles. The van der Waals surface area contributed by atoms with Gasteiger partial charge >= 0.3 is 0 Å². The van der Waals surface area contributed by atoms with E-state index < -0.39 is 10.0 Å². The Labute approximate surface area is 123 Å². The maximum atomic E-state index is 11.5. The van der Waals surface area contributed by atoms with E-state index in [2.05, 4.69) is 5.32 Å².